The van der Waals surface area contributed by atoms with Crippen molar-refractivity contribution in [2.45, 2.75) is 13.8 Å². The average Bonchev–Trinajstić information content (AvgIpc) is 2.96. The number of ether oxygens (including phenoxy) is 2. The van der Waals surface area contributed by atoms with Crippen molar-refractivity contribution in [2.24, 2.45) is 0 Å². The minimum Gasteiger partial charge on any atom is -0.463 e. The summed E-state index contributed by atoms with van der Waals surface area (Å²) in [7, 11) is 1.25. The number of carbonyl (C=O) groups is 2. The van der Waals surface area contributed by atoms with Crippen LogP contribution in [0.4, 0.5) is 0 Å². The number of aryl methyl sites for hydroxylation is 1. The number of esters is 2. The summed E-state index contributed by atoms with van der Waals surface area (Å²) in [5.41, 5.74) is 0.876. The largest absolute Gasteiger partial charge is 0.463 e. The Balaban J connectivity index is 2.36. The molecule has 2 aromatic rings. The fourth-order valence-electron chi connectivity index (χ4n) is 1.62. The van der Waals surface area contributed by atoms with Gasteiger partial charge in [0.2, 0.25) is 5.82 Å². The molecule has 0 bridgehead atoms. The second-order valence-electron chi connectivity index (χ2n) is 4.08. The molecule has 0 aliphatic rings. The van der Waals surface area contributed by atoms with E-state index in [0.29, 0.717) is 17.1 Å². The molecule has 0 N–H and O–H groups in total. The molecule has 2 heterocycles. The maximum absolute atomic E-state index is 11.6. The second-order valence-corrected chi connectivity index (χ2v) is 4.08. The molecule has 0 radical (unpaired) electrons. The van der Waals surface area contributed by atoms with Crippen LogP contribution < -0.4 is 0 Å². The van der Waals surface area contributed by atoms with E-state index in [-0.39, 0.29) is 12.4 Å². The van der Waals surface area contributed by atoms with Crippen molar-refractivity contribution < 1.29 is 19.1 Å². The highest BCUT2D eigenvalue weighted by Gasteiger charge is 2.15. The molecule has 8 nitrogen and oxygen atoms in total. The van der Waals surface area contributed by atoms with E-state index in [4.69, 9.17) is 4.74 Å². The van der Waals surface area contributed by atoms with Gasteiger partial charge in [0.05, 0.1) is 25.5 Å². The Morgan fingerprint density at radius 3 is 2.71 bits per heavy atom. The lowest BCUT2D eigenvalue weighted by molar-refractivity contribution is 0.0525. The molecule has 0 amide bonds. The Morgan fingerprint density at radius 1 is 1.29 bits per heavy atom. The standard InChI is InChI=1S/C13H14N4O4/c1-4-21-12(18)9-6-14-17(7-9)10-5-8(2)15-11(16-10)13(19)20-3/h5-7H,4H2,1-3H3. The number of nitrogens with zero attached hydrogens (tertiary/aromatic N) is 4. The average molecular weight is 290 g/mol. The molecule has 0 aliphatic heterocycles. The maximum atomic E-state index is 11.6. The van der Waals surface area contributed by atoms with Crippen molar-refractivity contribution in [1.82, 2.24) is 19.7 Å². The summed E-state index contributed by atoms with van der Waals surface area (Å²) in [5.74, 6) is -0.820. The van der Waals surface area contributed by atoms with Gasteiger partial charge in [0, 0.05) is 18.0 Å². The van der Waals surface area contributed by atoms with E-state index in [2.05, 4.69) is 19.8 Å². The van der Waals surface area contributed by atoms with E-state index in [1.54, 1.807) is 19.9 Å². The number of hydrogen-bond donors (Lipinski definition) is 0. The Morgan fingerprint density at radius 2 is 2.05 bits per heavy atom. The third kappa shape index (κ3) is 3.22. The molecule has 0 atom stereocenters. The van der Waals surface area contributed by atoms with Gasteiger partial charge in [-0.2, -0.15) is 5.10 Å². The van der Waals surface area contributed by atoms with E-state index in [9.17, 15) is 9.59 Å². The predicted octanol–water partition coefficient (Wildman–Crippen LogP) is 0.934. The van der Waals surface area contributed by atoms with Gasteiger partial charge in [-0.3, -0.25) is 0 Å². The van der Waals surface area contributed by atoms with Crippen molar-refractivity contribution in [1.29, 1.82) is 0 Å². The molecule has 0 aromatic carbocycles. The minimum atomic E-state index is -0.641. The van der Waals surface area contributed by atoms with E-state index in [0.717, 1.165) is 0 Å². The first-order valence-corrected chi connectivity index (χ1v) is 6.21. The van der Waals surface area contributed by atoms with Gasteiger partial charge in [-0.1, -0.05) is 0 Å². The zero-order valence-corrected chi connectivity index (χ0v) is 11.9. The van der Waals surface area contributed by atoms with Crippen LogP contribution in [0.2, 0.25) is 0 Å². The molecule has 8 heteroatoms. The summed E-state index contributed by atoms with van der Waals surface area (Å²) in [5, 5.41) is 4.03. The van der Waals surface area contributed by atoms with Crippen LogP contribution in [0, 0.1) is 6.92 Å². The van der Waals surface area contributed by atoms with Gasteiger partial charge in [0.15, 0.2) is 5.82 Å². The van der Waals surface area contributed by atoms with Gasteiger partial charge in [0.1, 0.15) is 0 Å². The highest BCUT2D eigenvalue weighted by molar-refractivity contribution is 5.89. The molecular weight excluding hydrogens is 276 g/mol. The number of hydrogen-bond acceptors (Lipinski definition) is 7. The number of carbonyl (C=O) groups excluding carboxylic acids is 2. The molecule has 0 saturated carbocycles. The first-order chi connectivity index (χ1) is 10.0. The summed E-state index contributed by atoms with van der Waals surface area (Å²) in [4.78, 5) is 31.1. The summed E-state index contributed by atoms with van der Waals surface area (Å²) in [6, 6.07) is 1.63. The third-order valence-corrected chi connectivity index (χ3v) is 2.54. The zero-order valence-electron chi connectivity index (χ0n) is 11.9. The Kier molecular flexibility index (Phi) is 4.27. The number of aromatic nitrogens is 4. The van der Waals surface area contributed by atoms with Gasteiger partial charge in [-0.25, -0.2) is 24.2 Å². The summed E-state index contributed by atoms with van der Waals surface area (Å²) >= 11 is 0. The third-order valence-electron chi connectivity index (χ3n) is 2.54. The Hall–Kier alpha value is -2.77. The van der Waals surface area contributed by atoms with Crippen LogP contribution >= 0.6 is 0 Å². The van der Waals surface area contributed by atoms with Crippen molar-refractivity contribution in [2.75, 3.05) is 13.7 Å². The molecule has 2 rings (SSSR count). The van der Waals surface area contributed by atoms with Crippen LogP contribution in [-0.2, 0) is 9.47 Å². The van der Waals surface area contributed by atoms with Crippen LogP contribution in [-0.4, -0.2) is 45.4 Å². The molecule has 2 aromatic heterocycles. The lowest BCUT2D eigenvalue weighted by atomic mass is 10.3. The monoisotopic (exact) mass is 290 g/mol. The molecule has 110 valence electrons. The normalized spacial score (nSPS) is 10.2. The smallest absolute Gasteiger partial charge is 0.376 e. The van der Waals surface area contributed by atoms with Crippen molar-refractivity contribution >= 4 is 11.9 Å². The SMILES string of the molecule is CCOC(=O)c1cnn(-c2cc(C)nc(C(=O)OC)n2)c1. The van der Waals surface area contributed by atoms with E-state index < -0.39 is 11.9 Å². The molecule has 21 heavy (non-hydrogen) atoms. The fraction of sp³-hybridized carbons (Fsp3) is 0.308. The lowest BCUT2D eigenvalue weighted by Crippen LogP contribution is -2.11. The minimum absolute atomic E-state index is 0.0688. The van der Waals surface area contributed by atoms with E-state index in [1.807, 2.05) is 0 Å². The maximum Gasteiger partial charge on any atom is 0.376 e. The van der Waals surface area contributed by atoms with Crippen molar-refractivity contribution in [3.63, 3.8) is 0 Å². The Bertz CT molecular complexity index is 681. The van der Waals surface area contributed by atoms with Crippen LogP contribution in [0.15, 0.2) is 18.5 Å². The van der Waals surface area contributed by atoms with Gasteiger partial charge in [-0.15, -0.1) is 0 Å². The van der Waals surface area contributed by atoms with Gasteiger partial charge in [0.25, 0.3) is 0 Å². The highest BCUT2D eigenvalue weighted by atomic mass is 16.5. The topological polar surface area (TPSA) is 96.2 Å². The van der Waals surface area contributed by atoms with Gasteiger partial charge < -0.3 is 9.47 Å². The second kappa shape index (κ2) is 6.12. The molecule has 0 spiro atoms. The molecule has 0 unspecified atom stereocenters. The summed E-state index contributed by atoms with van der Waals surface area (Å²) < 4.78 is 10.8. The first-order valence-electron chi connectivity index (χ1n) is 6.21. The number of rotatable bonds is 4. The molecular formula is C13H14N4O4. The van der Waals surface area contributed by atoms with Crippen LogP contribution in [0.1, 0.15) is 33.6 Å². The molecule has 0 saturated heterocycles. The molecule has 0 aliphatic carbocycles. The van der Waals surface area contributed by atoms with Crippen LogP contribution in [0.25, 0.3) is 5.82 Å². The summed E-state index contributed by atoms with van der Waals surface area (Å²) in [6.45, 7) is 3.72. The van der Waals surface area contributed by atoms with Crippen LogP contribution in [0.3, 0.4) is 0 Å². The Labute approximate surface area is 120 Å². The van der Waals surface area contributed by atoms with Crippen molar-refractivity contribution in [3.05, 3.63) is 35.5 Å². The van der Waals surface area contributed by atoms with Crippen LogP contribution in [0.5, 0.6) is 0 Å². The predicted molar refractivity (Wildman–Crippen MR) is 71.2 cm³/mol. The van der Waals surface area contributed by atoms with E-state index in [1.165, 1.54) is 24.2 Å². The van der Waals surface area contributed by atoms with Crippen molar-refractivity contribution in [3.8, 4) is 5.82 Å². The van der Waals surface area contributed by atoms with E-state index >= 15 is 0 Å². The molecule has 0 fully saturated rings. The lowest BCUT2D eigenvalue weighted by Gasteiger charge is -2.04. The number of methoxy groups -OCH3 is 1. The summed E-state index contributed by atoms with van der Waals surface area (Å²) in [6.07, 6.45) is 2.84. The highest BCUT2D eigenvalue weighted by Crippen LogP contribution is 2.09. The zero-order chi connectivity index (χ0) is 15.4. The first kappa shape index (κ1) is 14.6. The van der Waals surface area contributed by atoms with Gasteiger partial charge >= 0.3 is 11.9 Å². The quantitative estimate of drug-likeness (QED) is 0.773. The van der Waals surface area contributed by atoms with Gasteiger partial charge in [-0.05, 0) is 13.8 Å². The fourth-order valence-corrected chi connectivity index (χ4v) is 1.62.